The van der Waals surface area contributed by atoms with E-state index in [0.717, 1.165) is 6.42 Å². The highest BCUT2D eigenvalue weighted by molar-refractivity contribution is 14.0. The second kappa shape index (κ2) is 11.1. The Labute approximate surface area is 204 Å². The number of imide groups is 1. The third kappa shape index (κ3) is 5.24. The molecule has 7 nitrogen and oxygen atoms in total. The van der Waals surface area contributed by atoms with Gasteiger partial charge >= 0.3 is 0 Å². The molecule has 3 aliphatic rings. The van der Waals surface area contributed by atoms with E-state index in [1.54, 1.807) is 12.1 Å². The summed E-state index contributed by atoms with van der Waals surface area (Å²) in [6.07, 6.45) is 5.79. The summed E-state index contributed by atoms with van der Waals surface area (Å²) in [5.41, 5.74) is 0. The van der Waals surface area contributed by atoms with Crippen LogP contribution in [0.4, 0.5) is 4.39 Å². The summed E-state index contributed by atoms with van der Waals surface area (Å²) in [7, 11) is 0. The number of carbonyl (C=O) groups excluding carboxylic acids is 2. The first-order valence-electron chi connectivity index (χ1n) is 11.0. The van der Waals surface area contributed by atoms with E-state index in [1.165, 1.54) is 17.0 Å². The molecule has 32 heavy (non-hydrogen) atoms. The van der Waals surface area contributed by atoms with E-state index >= 15 is 0 Å². The average molecular weight is 556 g/mol. The summed E-state index contributed by atoms with van der Waals surface area (Å²) >= 11 is 0. The van der Waals surface area contributed by atoms with Gasteiger partial charge in [0.15, 0.2) is 5.96 Å². The molecule has 1 aromatic carbocycles. The Morgan fingerprint density at radius 1 is 1.19 bits per heavy atom. The maximum absolute atomic E-state index is 13.2. The first kappa shape index (κ1) is 24.5. The van der Waals surface area contributed by atoms with Crippen LogP contribution in [0.15, 0.2) is 41.4 Å². The van der Waals surface area contributed by atoms with E-state index in [2.05, 4.69) is 27.8 Å². The molecule has 9 heteroatoms. The zero-order valence-electron chi connectivity index (χ0n) is 18.1. The van der Waals surface area contributed by atoms with Crippen molar-refractivity contribution in [3.8, 4) is 5.75 Å². The molecule has 1 saturated carbocycles. The van der Waals surface area contributed by atoms with Crippen LogP contribution in [0, 0.1) is 29.5 Å². The van der Waals surface area contributed by atoms with Crippen molar-refractivity contribution in [2.24, 2.45) is 28.7 Å². The van der Waals surface area contributed by atoms with E-state index < -0.39 is 0 Å². The number of halogens is 2. The molecule has 1 aliphatic heterocycles. The number of carbonyl (C=O) groups is 2. The molecule has 2 amide bonds. The van der Waals surface area contributed by atoms with Crippen LogP contribution in [0.1, 0.15) is 19.8 Å². The molecule has 4 rings (SSSR count). The number of benzene rings is 1. The lowest BCUT2D eigenvalue weighted by atomic mass is 9.85. The summed E-state index contributed by atoms with van der Waals surface area (Å²) in [5.74, 6) is 1.00. The number of likely N-dealkylation sites (tertiary alicyclic amines) is 1. The fraction of sp³-hybridized carbons (Fsp3) is 0.522. The van der Waals surface area contributed by atoms with Gasteiger partial charge < -0.3 is 15.4 Å². The highest BCUT2D eigenvalue weighted by Crippen LogP contribution is 2.52. The molecule has 2 bridgehead atoms. The fourth-order valence-electron chi connectivity index (χ4n) is 4.84. The number of fused-ring (bicyclic) bond motifs is 5. The Bertz CT molecular complexity index is 864. The number of allylic oxidation sites excluding steroid dienone is 2. The molecule has 1 aromatic rings. The van der Waals surface area contributed by atoms with Gasteiger partial charge in [0.05, 0.1) is 18.4 Å². The second-order valence-electron chi connectivity index (χ2n) is 8.17. The van der Waals surface area contributed by atoms with Crippen molar-refractivity contribution in [3.63, 3.8) is 0 Å². The number of aliphatic imine (C=N–C) groups is 1. The molecule has 0 spiro atoms. The smallest absolute Gasteiger partial charge is 0.233 e. The Balaban J connectivity index is 0.00000289. The van der Waals surface area contributed by atoms with E-state index in [4.69, 9.17) is 4.74 Å². The molecule has 1 saturated heterocycles. The van der Waals surface area contributed by atoms with Crippen molar-refractivity contribution in [1.82, 2.24) is 15.5 Å². The van der Waals surface area contributed by atoms with Gasteiger partial charge in [0.25, 0.3) is 0 Å². The number of ether oxygens (including phenoxy) is 1. The molecule has 2 fully saturated rings. The lowest BCUT2D eigenvalue weighted by Gasteiger charge is -2.17. The van der Waals surface area contributed by atoms with Gasteiger partial charge in [-0.05, 0) is 43.7 Å². The Morgan fingerprint density at radius 2 is 1.91 bits per heavy atom. The van der Waals surface area contributed by atoms with Crippen molar-refractivity contribution in [2.45, 2.75) is 19.8 Å². The number of guanidine groups is 1. The van der Waals surface area contributed by atoms with Gasteiger partial charge in [-0.3, -0.25) is 19.5 Å². The molecule has 4 atom stereocenters. The molecule has 2 aliphatic carbocycles. The van der Waals surface area contributed by atoms with Crippen LogP contribution < -0.4 is 15.4 Å². The number of nitrogens with zero attached hydrogens (tertiary/aromatic N) is 2. The van der Waals surface area contributed by atoms with Crippen LogP contribution in [-0.2, 0) is 9.59 Å². The largest absolute Gasteiger partial charge is 0.492 e. The molecule has 0 aromatic heterocycles. The zero-order chi connectivity index (χ0) is 21.8. The Kier molecular flexibility index (Phi) is 8.50. The molecule has 174 valence electrons. The van der Waals surface area contributed by atoms with Crippen LogP contribution in [0.3, 0.4) is 0 Å². The molecular formula is C23H30FIN4O3. The van der Waals surface area contributed by atoms with E-state index in [9.17, 15) is 14.0 Å². The summed E-state index contributed by atoms with van der Waals surface area (Å²) < 4.78 is 18.7. The summed E-state index contributed by atoms with van der Waals surface area (Å²) in [6.45, 7) is 4.46. The fourth-order valence-corrected chi connectivity index (χ4v) is 4.84. The quantitative estimate of drug-likeness (QED) is 0.122. The predicted octanol–water partition coefficient (Wildman–Crippen LogP) is 2.57. The normalized spacial score (nSPS) is 25.7. The van der Waals surface area contributed by atoms with Gasteiger partial charge in [-0.1, -0.05) is 18.2 Å². The van der Waals surface area contributed by atoms with Gasteiger partial charge in [-0.2, -0.15) is 0 Å². The number of rotatable bonds is 9. The highest BCUT2D eigenvalue weighted by Gasteiger charge is 2.58. The summed E-state index contributed by atoms with van der Waals surface area (Å²) in [4.78, 5) is 31.4. The van der Waals surface area contributed by atoms with Crippen molar-refractivity contribution in [3.05, 3.63) is 42.2 Å². The van der Waals surface area contributed by atoms with E-state index in [1.807, 2.05) is 6.92 Å². The number of nitrogens with one attached hydrogen (secondary N) is 2. The minimum Gasteiger partial charge on any atom is -0.492 e. The first-order chi connectivity index (χ1) is 15.1. The van der Waals surface area contributed by atoms with Crippen LogP contribution in [0.25, 0.3) is 0 Å². The van der Waals surface area contributed by atoms with Crippen molar-refractivity contribution in [2.75, 3.05) is 32.8 Å². The SMILES string of the molecule is CCNC(=NCCCN1C(=O)C2C3C=CC(C3)C2C1=O)NCCOc1cccc(F)c1.I. The maximum Gasteiger partial charge on any atom is 0.233 e. The van der Waals surface area contributed by atoms with Crippen LogP contribution in [0.2, 0.25) is 0 Å². The van der Waals surface area contributed by atoms with E-state index in [0.29, 0.717) is 50.9 Å². The lowest BCUT2D eigenvalue weighted by molar-refractivity contribution is -0.140. The van der Waals surface area contributed by atoms with Crippen molar-refractivity contribution in [1.29, 1.82) is 0 Å². The number of hydrogen-bond acceptors (Lipinski definition) is 4. The Hall–Kier alpha value is -2.17. The van der Waals surface area contributed by atoms with Gasteiger partial charge in [0.2, 0.25) is 11.8 Å². The highest BCUT2D eigenvalue weighted by atomic mass is 127. The Morgan fingerprint density at radius 3 is 2.56 bits per heavy atom. The first-order valence-corrected chi connectivity index (χ1v) is 11.0. The summed E-state index contributed by atoms with van der Waals surface area (Å²) in [5, 5.41) is 6.32. The van der Waals surface area contributed by atoms with Crippen molar-refractivity contribution < 1.29 is 18.7 Å². The molecule has 4 unspecified atom stereocenters. The molecule has 1 heterocycles. The third-order valence-electron chi connectivity index (χ3n) is 6.17. The van der Waals surface area contributed by atoms with Gasteiger partial charge in [-0.25, -0.2) is 4.39 Å². The maximum atomic E-state index is 13.2. The standard InChI is InChI=1S/C23H29FN4O3.HI/c1-2-25-23(27-10-12-31-18-6-3-5-17(24)14-18)26-9-4-11-28-21(29)19-15-7-8-16(13-15)20(19)22(28)30;/h3,5-8,14-16,19-20H,2,4,9-13H2,1H3,(H2,25,26,27);1H. The zero-order valence-corrected chi connectivity index (χ0v) is 20.5. The van der Waals surface area contributed by atoms with Gasteiger partial charge in [-0.15, -0.1) is 24.0 Å². The number of hydrogen-bond donors (Lipinski definition) is 2. The summed E-state index contributed by atoms with van der Waals surface area (Å²) in [6, 6.07) is 6.03. The monoisotopic (exact) mass is 556 g/mol. The molecule has 2 N–H and O–H groups in total. The van der Waals surface area contributed by atoms with Crippen molar-refractivity contribution >= 4 is 41.8 Å². The minimum absolute atomic E-state index is 0. The number of amides is 2. The minimum atomic E-state index is -0.331. The van der Waals surface area contributed by atoms with Crippen LogP contribution in [-0.4, -0.2) is 55.5 Å². The van der Waals surface area contributed by atoms with E-state index in [-0.39, 0.29) is 65.3 Å². The average Bonchev–Trinajstić information content (AvgIpc) is 3.43. The third-order valence-corrected chi connectivity index (χ3v) is 6.17. The molecule has 0 radical (unpaired) electrons. The van der Waals surface area contributed by atoms with Gasteiger partial charge in [0.1, 0.15) is 18.2 Å². The van der Waals surface area contributed by atoms with Crippen LogP contribution >= 0.6 is 24.0 Å². The van der Waals surface area contributed by atoms with Gasteiger partial charge in [0, 0.05) is 25.7 Å². The topological polar surface area (TPSA) is 83.0 Å². The lowest BCUT2D eigenvalue weighted by Crippen LogP contribution is -2.39. The second-order valence-corrected chi connectivity index (χ2v) is 8.17. The predicted molar refractivity (Wildman–Crippen MR) is 130 cm³/mol. The molecular weight excluding hydrogens is 526 g/mol. The van der Waals surface area contributed by atoms with Crippen LogP contribution in [0.5, 0.6) is 5.75 Å².